The standard InChI is InChI=1S/C6H12ClNO/c1-3-4-8(2)6(9)5-7/h3-5H2,1-2H3. The second-order valence-electron chi connectivity index (χ2n) is 1.95. The number of amides is 1. The molecular weight excluding hydrogens is 138 g/mol. The van der Waals surface area contributed by atoms with Crippen LogP contribution in [0.2, 0.25) is 0 Å². The van der Waals surface area contributed by atoms with Crippen LogP contribution in [0.15, 0.2) is 0 Å². The third kappa shape index (κ3) is 3.36. The van der Waals surface area contributed by atoms with E-state index in [0.29, 0.717) is 0 Å². The number of hydrogen-bond donors (Lipinski definition) is 0. The predicted octanol–water partition coefficient (Wildman–Crippen LogP) is 1.09. The van der Waals surface area contributed by atoms with Gasteiger partial charge in [-0.05, 0) is 6.42 Å². The highest BCUT2D eigenvalue weighted by Crippen LogP contribution is 1.89. The van der Waals surface area contributed by atoms with Gasteiger partial charge in [0.1, 0.15) is 5.88 Å². The molecule has 0 aliphatic rings. The number of carbonyl (C=O) groups is 1. The van der Waals surface area contributed by atoms with Gasteiger partial charge in [-0.15, -0.1) is 11.6 Å². The molecule has 0 spiro atoms. The van der Waals surface area contributed by atoms with Gasteiger partial charge in [0.15, 0.2) is 0 Å². The Morgan fingerprint density at radius 1 is 1.67 bits per heavy atom. The first kappa shape index (κ1) is 8.76. The van der Waals surface area contributed by atoms with Crippen LogP contribution < -0.4 is 0 Å². The van der Waals surface area contributed by atoms with Gasteiger partial charge in [0, 0.05) is 13.6 Å². The van der Waals surface area contributed by atoms with Crippen LogP contribution in [0.3, 0.4) is 0 Å². The topological polar surface area (TPSA) is 20.3 Å². The zero-order valence-electron chi connectivity index (χ0n) is 5.85. The summed E-state index contributed by atoms with van der Waals surface area (Å²) in [6.07, 6.45) is 0.985. The molecule has 9 heavy (non-hydrogen) atoms. The summed E-state index contributed by atoms with van der Waals surface area (Å²) in [7, 11) is 1.76. The lowest BCUT2D eigenvalue weighted by atomic mass is 10.4. The Bertz CT molecular complexity index is 95.1. The monoisotopic (exact) mass is 149 g/mol. The van der Waals surface area contributed by atoms with E-state index in [-0.39, 0.29) is 11.8 Å². The van der Waals surface area contributed by atoms with Crippen LogP contribution in [0.4, 0.5) is 0 Å². The highest BCUT2D eigenvalue weighted by molar-refractivity contribution is 6.27. The van der Waals surface area contributed by atoms with Crippen molar-refractivity contribution in [2.75, 3.05) is 19.5 Å². The van der Waals surface area contributed by atoms with Gasteiger partial charge in [0.2, 0.25) is 5.91 Å². The van der Waals surface area contributed by atoms with E-state index in [0.717, 1.165) is 13.0 Å². The Balaban J connectivity index is 3.45. The summed E-state index contributed by atoms with van der Waals surface area (Å²) in [4.78, 5) is 12.3. The van der Waals surface area contributed by atoms with Crippen LogP contribution in [-0.4, -0.2) is 30.3 Å². The van der Waals surface area contributed by atoms with Gasteiger partial charge in [-0.2, -0.15) is 0 Å². The maximum Gasteiger partial charge on any atom is 0.237 e. The van der Waals surface area contributed by atoms with Crippen molar-refractivity contribution in [1.82, 2.24) is 4.90 Å². The molecule has 0 N–H and O–H groups in total. The molecule has 3 heteroatoms. The number of halogens is 1. The van der Waals surface area contributed by atoms with E-state index >= 15 is 0 Å². The average Bonchev–Trinajstić information content (AvgIpc) is 1.87. The van der Waals surface area contributed by atoms with Crippen molar-refractivity contribution >= 4 is 17.5 Å². The average molecular weight is 150 g/mol. The van der Waals surface area contributed by atoms with Gasteiger partial charge in [-0.3, -0.25) is 4.79 Å². The van der Waals surface area contributed by atoms with Crippen molar-refractivity contribution in [3.05, 3.63) is 0 Å². The molecule has 0 rings (SSSR count). The molecule has 0 aromatic heterocycles. The molecule has 1 amide bonds. The third-order valence-corrected chi connectivity index (χ3v) is 1.33. The number of hydrogen-bond acceptors (Lipinski definition) is 1. The summed E-state index contributed by atoms with van der Waals surface area (Å²) >= 11 is 5.29. The third-order valence-electron chi connectivity index (χ3n) is 1.10. The molecule has 0 atom stereocenters. The second kappa shape index (κ2) is 4.62. The van der Waals surface area contributed by atoms with Crippen LogP contribution in [0.1, 0.15) is 13.3 Å². The molecule has 0 fully saturated rings. The highest BCUT2D eigenvalue weighted by atomic mass is 35.5. The zero-order chi connectivity index (χ0) is 7.28. The van der Waals surface area contributed by atoms with E-state index in [1.165, 1.54) is 0 Å². The Morgan fingerprint density at radius 2 is 2.22 bits per heavy atom. The molecule has 54 valence electrons. The molecule has 2 nitrogen and oxygen atoms in total. The SMILES string of the molecule is CCCN(C)C(=O)CCl. The molecular formula is C6H12ClNO. The summed E-state index contributed by atoms with van der Waals surface area (Å²) in [5.41, 5.74) is 0. The minimum Gasteiger partial charge on any atom is -0.345 e. The lowest BCUT2D eigenvalue weighted by Gasteiger charge is -2.13. The van der Waals surface area contributed by atoms with Crippen molar-refractivity contribution in [2.24, 2.45) is 0 Å². The maximum atomic E-state index is 10.7. The number of nitrogens with zero attached hydrogens (tertiary/aromatic N) is 1. The summed E-state index contributed by atoms with van der Waals surface area (Å²) in [5, 5.41) is 0. The van der Waals surface area contributed by atoms with Gasteiger partial charge in [0.25, 0.3) is 0 Å². The normalized spacial score (nSPS) is 9.22. The van der Waals surface area contributed by atoms with Gasteiger partial charge in [-0.1, -0.05) is 6.92 Å². The quantitative estimate of drug-likeness (QED) is 0.551. The van der Waals surface area contributed by atoms with Crippen LogP contribution >= 0.6 is 11.6 Å². The van der Waals surface area contributed by atoms with E-state index in [1.54, 1.807) is 11.9 Å². The Morgan fingerprint density at radius 3 is 2.56 bits per heavy atom. The molecule has 0 heterocycles. The van der Waals surface area contributed by atoms with Crippen molar-refractivity contribution in [3.63, 3.8) is 0 Å². The van der Waals surface area contributed by atoms with Crippen molar-refractivity contribution < 1.29 is 4.79 Å². The fraction of sp³-hybridized carbons (Fsp3) is 0.833. The van der Waals surface area contributed by atoms with Crippen LogP contribution in [0.5, 0.6) is 0 Å². The van der Waals surface area contributed by atoms with Crippen molar-refractivity contribution in [3.8, 4) is 0 Å². The van der Waals surface area contributed by atoms with Gasteiger partial charge in [-0.25, -0.2) is 0 Å². The summed E-state index contributed by atoms with van der Waals surface area (Å²) in [5.74, 6) is 0.0924. The van der Waals surface area contributed by atoms with Crippen LogP contribution in [-0.2, 0) is 4.79 Å². The summed E-state index contributed by atoms with van der Waals surface area (Å²) < 4.78 is 0. The van der Waals surface area contributed by atoms with Crippen molar-refractivity contribution in [1.29, 1.82) is 0 Å². The van der Waals surface area contributed by atoms with E-state index < -0.39 is 0 Å². The first-order valence-electron chi connectivity index (χ1n) is 3.02. The fourth-order valence-electron chi connectivity index (χ4n) is 0.562. The Kier molecular flexibility index (Phi) is 4.50. The van der Waals surface area contributed by atoms with Crippen LogP contribution in [0.25, 0.3) is 0 Å². The first-order valence-corrected chi connectivity index (χ1v) is 3.55. The molecule has 0 saturated heterocycles. The Labute approximate surface area is 60.8 Å². The number of carbonyl (C=O) groups excluding carboxylic acids is 1. The smallest absolute Gasteiger partial charge is 0.237 e. The lowest BCUT2D eigenvalue weighted by Crippen LogP contribution is -2.28. The molecule has 0 radical (unpaired) electrons. The zero-order valence-corrected chi connectivity index (χ0v) is 6.61. The lowest BCUT2D eigenvalue weighted by molar-refractivity contribution is -0.127. The largest absolute Gasteiger partial charge is 0.345 e. The highest BCUT2D eigenvalue weighted by Gasteiger charge is 2.03. The molecule has 0 unspecified atom stereocenters. The summed E-state index contributed by atoms with van der Waals surface area (Å²) in [6, 6.07) is 0. The molecule has 0 saturated carbocycles. The molecule has 0 aliphatic carbocycles. The first-order chi connectivity index (χ1) is 4.22. The van der Waals surface area contributed by atoms with Gasteiger partial charge < -0.3 is 4.90 Å². The van der Waals surface area contributed by atoms with E-state index in [2.05, 4.69) is 0 Å². The molecule has 0 bridgehead atoms. The number of rotatable bonds is 3. The predicted molar refractivity (Wildman–Crippen MR) is 38.6 cm³/mol. The fourth-order valence-corrected chi connectivity index (χ4v) is 0.766. The van der Waals surface area contributed by atoms with E-state index in [4.69, 9.17) is 11.6 Å². The minimum atomic E-state index is -0.00137. The molecule has 0 aromatic rings. The maximum absolute atomic E-state index is 10.7. The van der Waals surface area contributed by atoms with Crippen LogP contribution in [0, 0.1) is 0 Å². The molecule has 0 aromatic carbocycles. The molecule has 0 aliphatic heterocycles. The minimum absolute atomic E-state index is 0.00137. The Hall–Kier alpha value is -0.240. The van der Waals surface area contributed by atoms with Gasteiger partial charge in [0.05, 0.1) is 0 Å². The van der Waals surface area contributed by atoms with Gasteiger partial charge >= 0.3 is 0 Å². The van der Waals surface area contributed by atoms with Crippen molar-refractivity contribution in [2.45, 2.75) is 13.3 Å². The van der Waals surface area contributed by atoms with E-state index in [1.807, 2.05) is 6.92 Å². The van der Waals surface area contributed by atoms with E-state index in [9.17, 15) is 4.79 Å². The number of alkyl halides is 1. The summed E-state index contributed by atoms with van der Waals surface area (Å²) in [6.45, 7) is 2.82. The second-order valence-corrected chi connectivity index (χ2v) is 2.22.